The molecule has 3 aromatic carbocycles. The molecule has 1 heterocycles. The van der Waals surface area contributed by atoms with E-state index in [2.05, 4.69) is 39.9 Å². The molecule has 0 unspecified atom stereocenters. The number of hydrogen-bond donors (Lipinski definition) is 5. The Hall–Kier alpha value is -4.89. The molecule has 0 saturated heterocycles. The van der Waals surface area contributed by atoms with Crippen LogP contribution in [0.3, 0.4) is 0 Å². The first-order valence-electron chi connectivity index (χ1n) is 19.5. The van der Waals surface area contributed by atoms with Gasteiger partial charge in [-0.2, -0.15) is 22.0 Å². The number of aromatic amines is 1. The molecule has 0 radical (unpaired) electrons. The van der Waals surface area contributed by atoms with E-state index >= 15 is 0 Å². The van der Waals surface area contributed by atoms with Gasteiger partial charge in [0.1, 0.15) is 6.04 Å². The quantitative estimate of drug-likeness (QED) is 0.0958. The molecule has 2 aliphatic rings. The van der Waals surface area contributed by atoms with Crippen molar-refractivity contribution < 1.29 is 36.3 Å². The van der Waals surface area contributed by atoms with Gasteiger partial charge in [-0.1, -0.05) is 30.3 Å². The van der Waals surface area contributed by atoms with Crippen molar-refractivity contribution in [3.05, 3.63) is 83.2 Å². The largest absolute Gasteiger partial charge is 0.461 e. The number of alkyl halides is 5. The number of halogens is 5. The molecule has 2 saturated carbocycles. The lowest BCUT2D eigenvalue weighted by Crippen LogP contribution is -2.48. The van der Waals surface area contributed by atoms with Crippen LogP contribution in [0.15, 0.2) is 60.7 Å². The first kappa shape index (κ1) is 41.7. The highest BCUT2D eigenvalue weighted by molar-refractivity contribution is 5.99. The van der Waals surface area contributed by atoms with Crippen molar-refractivity contribution in [2.45, 2.75) is 94.9 Å². The van der Waals surface area contributed by atoms with E-state index in [9.17, 15) is 36.3 Å². The predicted octanol–water partition coefficient (Wildman–Crippen LogP) is 7.23. The monoisotopic (exact) mass is 795 g/mol. The number of aryl methyl sites for hydroxylation is 1. The number of carbonyl (C=O) groups excluding carboxylic acids is 3. The van der Waals surface area contributed by atoms with E-state index in [1.807, 2.05) is 54.4 Å². The van der Waals surface area contributed by atoms with Crippen LogP contribution in [-0.4, -0.2) is 77.5 Å². The van der Waals surface area contributed by atoms with Gasteiger partial charge in [-0.25, -0.2) is 4.98 Å². The first-order valence-corrected chi connectivity index (χ1v) is 19.5. The van der Waals surface area contributed by atoms with Gasteiger partial charge < -0.3 is 31.6 Å². The molecule has 3 amide bonds. The van der Waals surface area contributed by atoms with Crippen LogP contribution in [0.2, 0.25) is 0 Å². The second-order valence-electron chi connectivity index (χ2n) is 15.8. The molecule has 1 aromatic heterocycles. The lowest BCUT2D eigenvalue weighted by Gasteiger charge is -2.33. The fourth-order valence-electron chi connectivity index (χ4n) is 7.95. The smallest absolute Gasteiger partial charge is 0.349 e. The van der Waals surface area contributed by atoms with Crippen molar-refractivity contribution in [2.75, 3.05) is 26.0 Å². The standard InChI is InChI=1S/C42H50F5N7O3/c1-24-20-29(38(56)49-30-13-16-32(17-14-30)54(2)3)12-18-33(24)27-8-4-25(5-9-27)21-36(51-37(55)28-10-6-26(23-48)7-11-28)39(57)50-31-15-19-34-35(22-31)53-40(52-34)41(43,44)42(45,46)47/h4-5,8-9,12,15,18-20,22,26,28,30,32,36H,6-7,10-11,13-14,16-17,21,23,48H2,1-3H3,(H,49,56)(H,50,57)(H,51,55)(H,52,53)/t26?,28?,30?,32?,36-/m0/s1. The minimum Gasteiger partial charge on any atom is -0.349 e. The maximum Gasteiger partial charge on any atom is 0.461 e. The molecule has 4 aromatic rings. The number of amides is 3. The van der Waals surface area contributed by atoms with E-state index < -0.39 is 29.9 Å². The third kappa shape index (κ3) is 9.81. The summed E-state index contributed by atoms with van der Waals surface area (Å²) in [5.74, 6) is -7.68. The summed E-state index contributed by atoms with van der Waals surface area (Å²) in [4.78, 5) is 48.1. The van der Waals surface area contributed by atoms with E-state index in [-0.39, 0.29) is 46.9 Å². The molecule has 1 atom stereocenters. The summed E-state index contributed by atoms with van der Waals surface area (Å²) in [7, 11) is 4.17. The number of nitrogens with one attached hydrogen (secondary N) is 4. The molecular weight excluding hydrogens is 745 g/mol. The number of benzene rings is 3. The number of hydrogen-bond acceptors (Lipinski definition) is 6. The first-order chi connectivity index (χ1) is 27.0. The zero-order valence-electron chi connectivity index (χ0n) is 32.3. The summed E-state index contributed by atoms with van der Waals surface area (Å²) in [5, 5.41) is 8.79. The Labute approximate surface area is 328 Å². The Balaban J connectivity index is 1.15. The van der Waals surface area contributed by atoms with Gasteiger partial charge >= 0.3 is 12.1 Å². The molecule has 57 heavy (non-hydrogen) atoms. The molecule has 6 N–H and O–H groups in total. The van der Waals surface area contributed by atoms with E-state index in [1.54, 1.807) is 0 Å². The number of nitrogens with zero attached hydrogens (tertiary/aromatic N) is 2. The van der Waals surface area contributed by atoms with Crippen LogP contribution in [-0.2, 0) is 21.9 Å². The van der Waals surface area contributed by atoms with Crippen LogP contribution in [0.5, 0.6) is 0 Å². The zero-order valence-corrected chi connectivity index (χ0v) is 32.3. The van der Waals surface area contributed by atoms with Crippen molar-refractivity contribution >= 4 is 34.4 Å². The summed E-state index contributed by atoms with van der Waals surface area (Å²) in [6.07, 6.45) is 1.11. The number of anilines is 1. The molecule has 0 spiro atoms. The number of fused-ring (bicyclic) bond motifs is 1. The second kappa shape index (κ2) is 17.3. The Morgan fingerprint density at radius 1 is 0.895 bits per heavy atom. The van der Waals surface area contributed by atoms with E-state index in [0.717, 1.165) is 60.8 Å². The molecule has 2 aliphatic carbocycles. The lowest BCUT2D eigenvalue weighted by atomic mass is 9.81. The number of aromatic nitrogens is 2. The fraction of sp³-hybridized carbons (Fsp3) is 0.476. The van der Waals surface area contributed by atoms with Gasteiger partial charge in [-0.15, -0.1) is 0 Å². The lowest BCUT2D eigenvalue weighted by molar-refractivity contribution is -0.292. The second-order valence-corrected chi connectivity index (χ2v) is 15.8. The molecule has 2 fully saturated rings. The van der Waals surface area contributed by atoms with Crippen LogP contribution in [0.4, 0.5) is 27.6 Å². The average Bonchev–Trinajstić information content (AvgIpc) is 3.62. The SMILES string of the molecule is Cc1cc(C(=O)NC2CCC(N(C)C)CC2)ccc1-c1ccc(C[C@H](NC(=O)C2CCC(CN)CC2)C(=O)Nc2ccc3nc(C(F)(F)C(F)(F)F)[nH]c3c2)cc1. The highest BCUT2D eigenvalue weighted by Crippen LogP contribution is 2.43. The molecule has 10 nitrogen and oxygen atoms in total. The molecular formula is C42H50F5N7O3. The number of H-pyrrole nitrogens is 1. The predicted molar refractivity (Wildman–Crippen MR) is 209 cm³/mol. The van der Waals surface area contributed by atoms with E-state index in [4.69, 9.17) is 5.73 Å². The Morgan fingerprint density at radius 2 is 1.58 bits per heavy atom. The highest BCUT2D eigenvalue weighted by Gasteiger charge is 2.61. The number of carbonyl (C=O) groups is 3. The van der Waals surface area contributed by atoms with Crippen molar-refractivity contribution in [3.63, 3.8) is 0 Å². The summed E-state index contributed by atoms with van der Waals surface area (Å²) < 4.78 is 66.9. The normalized spacial score (nSPS) is 20.9. The number of rotatable bonds is 12. The Morgan fingerprint density at radius 3 is 2.19 bits per heavy atom. The fourth-order valence-corrected chi connectivity index (χ4v) is 7.95. The summed E-state index contributed by atoms with van der Waals surface area (Å²) in [5.41, 5.74) is 9.76. The molecule has 6 rings (SSSR count). The zero-order chi connectivity index (χ0) is 41.1. The topological polar surface area (TPSA) is 145 Å². The van der Waals surface area contributed by atoms with Crippen molar-refractivity contribution in [1.29, 1.82) is 0 Å². The van der Waals surface area contributed by atoms with Crippen molar-refractivity contribution in [1.82, 2.24) is 25.5 Å². The third-order valence-corrected chi connectivity index (χ3v) is 11.5. The van der Waals surface area contributed by atoms with Crippen molar-refractivity contribution in [3.8, 4) is 11.1 Å². The van der Waals surface area contributed by atoms with Crippen LogP contribution in [0, 0.1) is 18.8 Å². The average molecular weight is 796 g/mol. The Kier molecular flexibility index (Phi) is 12.7. The van der Waals surface area contributed by atoms with Crippen LogP contribution in [0.25, 0.3) is 22.2 Å². The maximum absolute atomic E-state index is 14.0. The minimum absolute atomic E-state index is 0.0932. The summed E-state index contributed by atoms with van der Waals surface area (Å²) >= 11 is 0. The molecule has 15 heteroatoms. The molecule has 0 aliphatic heterocycles. The van der Waals surface area contributed by atoms with Gasteiger partial charge in [0.25, 0.3) is 5.91 Å². The van der Waals surface area contributed by atoms with Gasteiger partial charge in [0.2, 0.25) is 11.8 Å². The maximum atomic E-state index is 14.0. The van der Waals surface area contributed by atoms with Gasteiger partial charge in [-0.05, 0) is 137 Å². The van der Waals surface area contributed by atoms with Crippen molar-refractivity contribution in [2.24, 2.45) is 17.6 Å². The summed E-state index contributed by atoms with van der Waals surface area (Å²) in [6.45, 7) is 2.49. The van der Waals surface area contributed by atoms with Gasteiger partial charge in [-0.3, -0.25) is 14.4 Å². The highest BCUT2D eigenvalue weighted by atomic mass is 19.4. The van der Waals surface area contributed by atoms with Gasteiger partial charge in [0.15, 0.2) is 5.82 Å². The minimum atomic E-state index is -5.85. The number of imidazole rings is 1. The van der Waals surface area contributed by atoms with E-state index in [1.165, 1.54) is 18.2 Å². The van der Waals surface area contributed by atoms with Gasteiger partial charge in [0, 0.05) is 35.7 Å². The third-order valence-electron chi connectivity index (χ3n) is 11.5. The van der Waals surface area contributed by atoms with Crippen LogP contribution < -0.4 is 21.7 Å². The molecule has 0 bridgehead atoms. The van der Waals surface area contributed by atoms with E-state index in [0.29, 0.717) is 36.9 Å². The van der Waals surface area contributed by atoms with Gasteiger partial charge in [0.05, 0.1) is 11.0 Å². The Bertz CT molecular complexity index is 2050. The molecule has 306 valence electrons. The van der Waals surface area contributed by atoms with Crippen LogP contribution in [0.1, 0.15) is 78.7 Å². The van der Waals surface area contributed by atoms with Crippen LogP contribution >= 0.6 is 0 Å². The number of nitrogens with two attached hydrogens (primary N) is 1. The summed E-state index contributed by atoms with van der Waals surface area (Å²) in [6, 6.07) is 16.6.